The van der Waals surface area contributed by atoms with E-state index in [9.17, 15) is 4.79 Å². The molecular formula is C19H28N6O. The highest BCUT2D eigenvalue weighted by molar-refractivity contribution is 5.77. The molecule has 1 saturated heterocycles. The molecule has 2 aromatic rings. The second kappa shape index (κ2) is 7.95. The van der Waals surface area contributed by atoms with Crippen molar-refractivity contribution in [2.45, 2.75) is 45.7 Å². The van der Waals surface area contributed by atoms with Crippen LogP contribution in [0, 0.1) is 12.8 Å². The van der Waals surface area contributed by atoms with E-state index in [1.807, 2.05) is 36.6 Å². The van der Waals surface area contributed by atoms with Gasteiger partial charge < -0.3 is 14.8 Å². The fraction of sp³-hybridized carbons (Fsp3) is 0.579. The Bertz CT molecular complexity index is 758. The van der Waals surface area contributed by atoms with Crippen molar-refractivity contribution in [3.8, 4) is 0 Å². The van der Waals surface area contributed by atoms with Gasteiger partial charge in [0.05, 0.1) is 17.4 Å². The van der Waals surface area contributed by atoms with Gasteiger partial charge in [0.2, 0.25) is 5.91 Å². The van der Waals surface area contributed by atoms with Crippen LogP contribution in [0.25, 0.3) is 0 Å². The minimum absolute atomic E-state index is 0.00362. The van der Waals surface area contributed by atoms with Gasteiger partial charge in [-0.05, 0) is 33.1 Å². The molecule has 7 heteroatoms. The van der Waals surface area contributed by atoms with Crippen LogP contribution in [-0.2, 0) is 11.8 Å². The molecule has 1 N–H and O–H groups in total. The van der Waals surface area contributed by atoms with Crippen LogP contribution < -0.4 is 5.32 Å². The number of piperidine rings is 1. The van der Waals surface area contributed by atoms with Crippen LogP contribution in [0.5, 0.6) is 0 Å². The first-order valence-electron chi connectivity index (χ1n) is 9.30. The summed E-state index contributed by atoms with van der Waals surface area (Å²) >= 11 is 0. The molecule has 0 aromatic carbocycles. The number of nitrogens with zero attached hydrogens (tertiary/aromatic N) is 5. The van der Waals surface area contributed by atoms with Gasteiger partial charge in [0.15, 0.2) is 0 Å². The summed E-state index contributed by atoms with van der Waals surface area (Å²) < 4.78 is 2.02. The fourth-order valence-electron chi connectivity index (χ4n) is 3.89. The van der Waals surface area contributed by atoms with E-state index in [1.165, 1.54) is 0 Å². The molecule has 1 fully saturated rings. The maximum atomic E-state index is 12.4. The number of carbonyl (C=O) groups excluding carboxylic acids is 1. The van der Waals surface area contributed by atoms with E-state index < -0.39 is 0 Å². The average molecular weight is 356 g/mol. The highest BCUT2D eigenvalue weighted by Gasteiger charge is 2.38. The normalized spacial score (nSPS) is 21.8. The van der Waals surface area contributed by atoms with Gasteiger partial charge in [-0.25, -0.2) is 4.98 Å². The minimum Gasteiger partial charge on any atom is -0.336 e. The van der Waals surface area contributed by atoms with Crippen molar-refractivity contribution in [3.63, 3.8) is 0 Å². The summed E-state index contributed by atoms with van der Waals surface area (Å²) in [6.07, 6.45) is 8.66. The zero-order valence-electron chi connectivity index (χ0n) is 16.0. The summed E-state index contributed by atoms with van der Waals surface area (Å²) in [5, 5.41) is 3.60. The van der Waals surface area contributed by atoms with Crippen LogP contribution in [0.3, 0.4) is 0 Å². The van der Waals surface area contributed by atoms with Crippen LogP contribution in [-0.4, -0.2) is 43.4 Å². The van der Waals surface area contributed by atoms with E-state index in [1.54, 1.807) is 18.6 Å². The van der Waals surface area contributed by atoms with E-state index >= 15 is 0 Å². The number of hydrogen-bond acceptors (Lipinski definition) is 5. The molecule has 0 radical (unpaired) electrons. The third kappa shape index (κ3) is 3.62. The maximum absolute atomic E-state index is 12.4. The Morgan fingerprint density at radius 2 is 2.04 bits per heavy atom. The number of imidazole rings is 1. The second-order valence-electron chi connectivity index (χ2n) is 6.98. The third-order valence-electron chi connectivity index (χ3n) is 5.31. The van der Waals surface area contributed by atoms with Crippen molar-refractivity contribution in [1.29, 1.82) is 0 Å². The molecule has 3 rings (SSSR count). The molecule has 0 bridgehead atoms. The van der Waals surface area contributed by atoms with Gasteiger partial charge in [-0.1, -0.05) is 0 Å². The van der Waals surface area contributed by atoms with Crippen molar-refractivity contribution >= 4 is 5.91 Å². The van der Waals surface area contributed by atoms with Crippen LogP contribution in [0.1, 0.15) is 56.0 Å². The van der Waals surface area contributed by atoms with E-state index in [2.05, 4.69) is 27.2 Å². The standard InChI is InChI=1S/C19H28N6O/c1-5-25-16(26)7-6-15(18(25)19-22-10-11-24(19)4)12-23-14(3)17-13(2)20-8-9-21-17/h8-11,14-15,18,23H,5-7,12H2,1-4H3/t14?,15-,18+/m1/s1. The highest BCUT2D eigenvalue weighted by Crippen LogP contribution is 2.35. The predicted molar refractivity (Wildman–Crippen MR) is 99.2 cm³/mol. The Labute approximate surface area is 154 Å². The molecule has 1 aliphatic heterocycles. The van der Waals surface area contributed by atoms with Gasteiger partial charge in [0.25, 0.3) is 0 Å². The summed E-state index contributed by atoms with van der Waals surface area (Å²) in [5.41, 5.74) is 1.92. The van der Waals surface area contributed by atoms with Crippen molar-refractivity contribution in [3.05, 3.63) is 42.0 Å². The molecule has 3 heterocycles. The number of nitrogens with one attached hydrogen (secondary N) is 1. The monoisotopic (exact) mass is 356 g/mol. The van der Waals surface area contributed by atoms with Gasteiger partial charge in [-0.2, -0.15) is 0 Å². The molecule has 0 saturated carbocycles. The summed E-state index contributed by atoms with van der Waals surface area (Å²) in [4.78, 5) is 27.7. The number of likely N-dealkylation sites (tertiary alicyclic amines) is 1. The number of aromatic nitrogens is 4. The Kier molecular flexibility index (Phi) is 5.66. The quantitative estimate of drug-likeness (QED) is 0.858. The smallest absolute Gasteiger partial charge is 0.223 e. The second-order valence-corrected chi connectivity index (χ2v) is 6.98. The molecule has 26 heavy (non-hydrogen) atoms. The molecule has 140 valence electrons. The first-order valence-corrected chi connectivity index (χ1v) is 9.30. The van der Waals surface area contributed by atoms with Crippen LogP contribution in [0.4, 0.5) is 0 Å². The predicted octanol–water partition coefficient (Wildman–Crippen LogP) is 2.17. The topological polar surface area (TPSA) is 75.9 Å². The van der Waals surface area contributed by atoms with Crippen molar-refractivity contribution < 1.29 is 4.79 Å². The van der Waals surface area contributed by atoms with E-state index in [0.29, 0.717) is 18.9 Å². The largest absolute Gasteiger partial charge is 0.336 e. The van der Waals surface area contributed by atoms with Crippen molar-refractivity contribution in [2.24, 2.45) is 13.0 Å². The van der Waals surface area contributed by atoms with Gasteiger partial charge in [-0.15, -0.1) is 0 Å². The van der Waals surface area contributed by atoms with Gasteiger partial charge in [-0.3, -0.25) is 14.8 Å². The molecular weight excluding hydrogens is 328 g/mol. The zero-order chi connectivity index (χ0) is 18.7. The molecule has 0 spiro atoms. The van der Waals surface area contributed by atoms with E-state index in [0.717, 1.165) is 30.2 Å². The lowest BCUT2D eigenvalue weighted by Crippen LogP contribution is -2.46. The number of carbonyl (C=O) groups is 1. The van der Waals surface area contributed by atoms with E-state index in [4.69, 9.17) is 0 Å². The molecule has 1 amide bonds. The maximum Gasteiger partial charge on any atom is 0.223 e. The minimum atomic E-state index is 0.00362. The van der Waals surface area contributed by atoms with Crippen molar-refractivity contribution in [2.75, 3.05) is 13.1 Å². The molecule has 7 nitrogen and oxygen atoms in total. The SMILES string of the molecule is CCN1C(=O)CC[C@H](CNC(C)c2nccnc2C)[C@H]1c1nccn1C. The first-order chi connectivity index (χ1) is 12.5. The number of amides is 1. The summed E-state index contributed by atoms with van der Waals surface area (Å²) in [6.45, 7) is 7.63. The molecule has 1 aliphatic rings. The van der Waals surface area contributed by atoms with Gasteiger partial charge >= 0.3 is 0 Å². The lowest BCUT2D eigenvalue weighted by molar-refractivity contribution is -0.139. The van der Waals surface area contributed by atoms with Crippen LogP contribution in [0.15, 0.2) is 24.8 Å². The third-order valence-corrected chi connectivity index (χ3v) is 5.31. The number of aryl methyl sites for hydroxylation is 2. The molecule has 3 atom stereocenters. The number of hydrogen-bond donors (Lipinski definition) is 1. The van der Waals surface area contributed by atoms with Gasteiger partial charge in [0.1, 0.15) is 5.82 Å². The fourth-order valence-corrected chi connectivity index (χ4v) is 3.89. The van der Waals surface area contributed by atoms with Gasteiger partial charge in [0, 0.05) is 57.4 Å². The molecule has 2 aromatic heterocycles. The van der Waals surface area contributed by atoms with Crippen LogP contribution >= 0.6 is 0 Å². The average Bonchev–Trinajstić information content (AvgIpc) is 3.06. The lowest BCUT2D eigenvalue weighted by atomic mass is 9.87. The lowest BCUT2D eigenvalue weighted by Gasteiger charge is -2.40. The Balaban J connectivity index is 1.77. The number of rotatable bonds is 6. The summed E-state index contributed by atoms with van der Waals surface area (Å²) in [5.74, 6) is 1.48. The summed E-state index contributed by atoms with van der Waals surface area (Å²) in [6, 6.07) is 0.113. The Morgan fingerprint density at radius 1 is 1.27 bits per heavy atom. The highest BCUT2D eigenvalue weighted by atomic mass is 16.2. The molecule has 1 unspecified atom stereocenters. The Hall–Kier alpha value is -2.28. The summed E-state index contributed by atoms with van der Waals surface area (Å²) in [7, 11) is 1.99. The molecule has 0 aliphatic carbocycles. The first kappa shape index (κ1) is 18.5. The Morgan fingerprint density at radius 3 is 2.69 bits per heavy atom. The zero-order valence-corrected chi connectivity index (χ0v) is 16.0. The van der Waals surface area contributed by atoms with Crippen molar-refractivity contribution in [1.82, 2.24) is 29.7 Å². The van der Waals surface area contributed by atoms with E-state index in [-0.39, 0.29) is 18.0 Å². The van der Waals surface area contributed by atoms with Crippen LogP contribution in [0.2, 0.25) is 0 Å².